The Bertz CT molecular complexity index is 682. The third-order valence-electron chi connectivity index (χ3n) is 4.63. The first kappa shape index (κ1) is 15.7. The van der Waals surface area contributed by atoms with E-state index >= 15 is 0 Å². The zero-order valence-corrected chi connectivity index (χ0v) is 14.1. The average Bonchev–Trinajstić information content (AvgIpc) is 2.96. The number of piperazine rings is 1. The lowest BCUT2D eigenvalue weighted by atomic mass is 10.2. The molecule has 2 aromatic rings. The van der Waals surface area contributed by atoms with Gasteiger partial charge in [0.15, 0.2) is 0 Å². The van der Waals surface area contributed by atoms with Gasteiger partial charge >= 0.3 is 0 Å². The number of benzene rings is 1. The predicted octanol–water partition coefficient (Wildman–Crippen LogP) is 2.27. The van der Waals surface area contributed by atoms with Crippen molar-refractivity contribution in [3.05, 3.63) is 47.3 Å². The number of carbonyl (C=O) groups excluding carboxylic acids is 1. The van der Waals surface area contributed by atoms with Crippen molar-refractivity contribution in [3.8, 4) is 5.69 Å². The molecule has 5 heteroatoms. The van der Waals surface area contributed by atoms with Gasteiger partial charge in [0.05, 0.1) is 23.1 Å². The van der Waals surface area contributed by atoms with Crippen LogP contribution in [0.5, 0.6) is 0 Å². The van der Waals surface area contributed by atoms with Gasteiger partial charge in [0.1, 0.15) is 0 Å². The van der Waals surface area contributed by atoms with Crippen LogP contribution in [0.25, 0.3) is 5.69 Å². The largest absolute Gasteiger partial charge is 0.336 e. The van der Waals surface area contributed by atoms with Gasteiger partial charge in [-0.25, -0.2) is 4.68 Å². The Balaban J connectivity index is 1.79. The molecule has 0 radical (unpaired) electrons. The highest BCUT2D eigenvalue weighted by atomic mass is 16.2. The Kier molecular flexibility index (Phi) is 4.48. The van der Waals surface area contributed by atoms with E-state index in [0.717, 1.165) is 44.1 Å². The summed E-state index contributed by atoms with van der Waals surface area (Å²) in [5.74, 6) is 0.0941. The molecular weight excluding hydrogens is 288 g/mol. The fourth-order valence-electron chi connectivity index (χ4n) is 3.00. The van der Waals surface area contributed by atoms with E-state index in [1.54, 1.807) is 6.20 Å². The molecule has 1 aliphatic heterocycles. The number of nitrogens with zero attached hydrogens (tertiary/aromatic N) is 4. The molecule has 0 N–H and O–H groups in total. The maximum absolute atomic E-state index is 12.8. The first-order chi connectivity index (χ1) is 11.1. The second kappa shape index (κ2) is 6.54. The summed E-state index contributed by atoms with van der Waals surface area (Å²) in [7, 11) is 0. The molecule has 23 heavy (non-hydrogen) atoms. The smallest absolute Gasteiger partial charge is 0.257 e. The predicted molar refractivity (Wildman–Crippen MR) is 91.1 cm³/mol. The third kappa shape index (κ3) is 3.15. The summed E-state index contributed by atoms with van der Waals surface area (Å²) in [6.07, 6.45) is 1.70. The van der Waals surface area contributed by atoms with Crippen LogP contribution >= 0.6 is 0 Å². The number of amides is 1. The molecule has 2 heterocycles. The first-order valence-electron chi connectivity index (χ1n) is 8.23. The molecule has 0 atom stereocenters. The number of likely N-dealkylation sites (N-methyl/N-ethyl adjacent to an activating group) is 1. The summed E-state index contributed by atoms with van der Waals surface area (Å²) in [4.78, 5) is 17.1. The van der Waals surface area contributed by atoms with Gasteiger partial charge in [0, 0.05) is 26.2 Å². The van der Waals surface area contributed by atoms with E-state index < -0.39 is 0 Å². The Morgan fingerprint density at radius 2 is 1.74 bits per heavy atom. The SMILES string of the molecule is CCN1CCN(C(=O)c2cnn(-c3ccc(C)cc3)c2C)CC1. The van der Waals surface area contributed by atoms with Crippen LogP contribution in [-0.4, -0.2) is 58.2 Å². The lowest BCUT2D eigenvalue weighted by Gasteiger charge is -2.34. The molecule has 1 aliphatic rings. The van der Waals surface area contributed by atoms with Crippen LogP contribution in [0.3, 0.4) is 0 Å². The molecule has 1 aromatic carbocycles. The molecule has 1 saturated heterocycles. The number of rotatable bonds is 3. The normalized spacial score (nSPS) is 15.9. The van der Waals surface area contributed by atoms with Crippen LogP contribution in [0.4, 0.5) is 0 Å². The van der Waals surface area contributed by atoms with Gasteiger partial charge in [-0.05, 0) is 32.5 Å². The molecule has 0 spiro atoms. The fraction of sp³-hybridized carbons (Fsp3) is 0.444. The number of aromatic nitrogens is 2. The van der Waals surface area contributed by atoms with Gasteiger partial charge in [-0.3, -0.25) is 4.79 Å². The van der Waals surface area contributed by atoms with Crippen molar-refractivity contribution in [2.75, 3.05) is 32.7 Å². The second-order valence-electron chi connectivity index (χ2n) is 6.12. The second-order valence-corrected chi connectivity index (χ2v) is 6.12. The summed E-state index contributed by atoms with van der Waals surface area (Å²) >= 11 is 0. The van der Waals surface area contributed by atoms with Crippen LogP contribution in [0.1, 0.15) is 28.5 Å². The molecule has 1 amide bonds. The molecule has 1 aromatic heterocycles. The first-order valence-corrected chi connectivity index (χ1v) is 8.23. The van der Waals surface area contributed by atoms with Gasteiger partial charge in [0.2, 0.25) is 0 Å². The molecule has 122 valence electrons. The molecule has 0 aliphatic carbocycles. The molecule has 0 saturated carbocycles. The summed E-state index contributed by atoms with van der Waals surface area (Å²) in [5.41, 5.74) is 3.80. The number of hydrogen-bond acceptors (Lipinski definition) is 3. The summed E-state index contributed by atoms with van der Waals surface area (Å²) in [6, 6.07) is 8.18. The molecule has 1 fully saturated rings. The van der Waals surface area contributed by atoms with Gasteiger partial charge < -0.3 is 9.80 Å². The van der Waals surface area contributed by atoms with Crippen molar-refractivity contribution in [3.63, 3.8) is 0 Å². The Hall–Kier alpha value is -2.14. The van der Waals surface area contributed by atoms with Crippen molar-refractivity contribution < 1.29 is 4.79 Å². The maximum Gasteiger partial charge on any atom is 0.257 e. The molecule has 5 nitrogen and oxygen atoms in total. The molecular formula is C18H24N4O. The van der Waals surface area contributed by atoms with E-state index in [1.807, 2.05) is 28.6 Å². The molecule has 0 bridgehead atoms. The average molecular weight is 312 g/mol. The van der Waals surface area contributed by atoms with Gasteiger partial charge in [-0.15, -0.1) is 0 Å². The fourth-order valence-corrected chi connectivity index (χ4v) is 3.00. The van der Waals surface area contributed by atoms with Crippen LogP contribution in [0.2, 0.25) is 0 Å². The minimum Gasteiger partial charge on any atom is -0.336 e. The summed E-state index contributed by atoms with van der Waals surface area (Å²) in [5, 5.41) is 4.42. The molecule has 0 unspecified atom stereocenters. The van der Waals surface area contributed by atoms with E-state index in [1.165, 1.54) is 5.56 Å². The van der Waals surface area contributed by atoms with Gasteiger partial charge in [-0.2, -0.15) is 5.10 Å². The number of carbonyl (C=O) groups is 1. The van der Waals surface area contributed by atoms with Crippen LogP contribution in [-0.2, 0) is 0 Å². The van der Waals surface area contributed by atoms with Crippen LogP contribution < -0.4 is 0 Å². The minimum atomic E-state index is 0.0941. The zero-order chi connectivity index (χ0) is 16.4. The van der Waals surface area contributed by atoms with Gasteiger partial charge in [0.25, 0.3) is 5.91 Å². The topological polar surface area (TPSA) is 41.4 Å². The minimum absolute atomic E-state index is 0.0941. The highest BCUT2D eigenvalue weighted by Gasteiger charge is 2.24. The zero-order valence-electron chi connectivity index (χ0n) is 14.1. The maximum atomic E-state index is 12.8. The van der Waals surface area contributed by atoms with E-state index in [9.17, 15) is 4.79 Å². The number of hydrogen-bond donors (Lipinski definition) is 0. The van der Waals surface area contributed by atoms with Crippen molar-refractivity contribution in [2.45, 2.75) is 20.8 Å². The monoisotopic (exact) mass is 312 g/mol. The Labute approximate surface area is 137 Å². The lowest BCUT2D eigenvalue weighted by molar-refractivity contribution is 0.0642. The van der Waals surface area contributed by atoms with E-state index in [0.29, 0.717) is 5.56 Å². The third-order valence-corrected chi connectivity index (χ3v) is 4.63. The summed E-state index contributed by atoms with van der Waals surface area (Å²) in [6.45, 7) is 10.7. The Morgan fingerprint density at radius 3 is 2.35 bits per heavy atom. The van der Waals surface area contributed by atoms with Gasteiger partial charge in [-0.1, -0.05) is 24.6 Å². The Morgan fingerprint density at radius 1 is 1.09 bits per heavy atom. The van der Waals surface area contributed by atoms with Crippen molar-refractivity contribution in [1.29, 1.82) is 0 Å². The van der Waals surface area contributed by atoms with E-state index in [2.05, 4.69) is 36.0 Å². The van der Waals surface area contributed by atoms with E-state index in [4.69, 9.17) is 0 Å². The summed E-state index contributed by atoms with van der Waals surface area (Å²) < 4.78 is 1.84. The van der Waals surface area contributed by atoms with E-state index in [-0.39, 0.29) is 5.91 Å². The highest BCUT2D eigenvalue weighted by Crippen LogP contribution is 2.17. The lowest BCUT2D eigenvalue weighted by Crippen LogP contribution is -2.48. The van der Waals surface area contributed by atoms with Crippen LogP contribution in [0, 0.1) is 13.8 Å². The highest BCUT2D eigenvalue weighted by molar-refractivity contribution is 5.95. The standard InChI is InChI=1S/C18H24N4O/c1-4-20-9-11-21(12-10-20)18(23)17-13-19-22(15(17)3)16-7-5-14(2)6-8-16/h5-8,13H,4,9-12H2,1-3H3. The quantitative estimate of drug-likeness (QED) is 0.873. The van der Waals surface area contributed by atoms with Crippen molar-refractivity contribution in [1.82, 2.24) is 19.6 Å². The number of aryl methyl sites for hydroxylation is 1. The van der Waals surface area contributed by atoms with Crippen molar-refractivity contribution in [2.24, 2.45) is 0 Å². The van der Waals surface area contributed by atoms with Crippen molar-refractivity contribution >= 4 is 5.91 Å². The van der Waals surface area contributed by atoms with Crippen LogP contribution in [0.15, 0.2) is 30.5 Å². The molecule has 3 rings (SSSR count).